The first-order valence-electron chi connectivity index (χ1n) is 13.3. The van der Waals surface area contributed by atoms with E-state index >= 15 is 4.39 Å². The summed E-state index contributed by atoms with van der Waals surface area (Å²) in [6, 6.07) is 12.5. The molecule has 2 aromatic rings. The van der Waals surface area contributed by atoms with Gasteiger partial charge in [0.25, 0.3) is 0 Å². The molecule has 8 heteroatoms. The smallest absolute Gasteiger partial charge is 0.404 e. The molecule has 37 heavy (non-hydrogen) atoms. The van der Waals surface area contributed by atoms with Gasteiger partial charge in [-0.1, -0.05) is 43.3 Å². The first-order chi connectivity index (χ1) is 17.8. The number of aryl methyl sites for hydroxylation is 1. The van der Waals surface area contributed by atoms with Gasteiger partial charge in [-0.05, 0) is 74.9 Å². The number of hydrogen-bond acceptors (Lipinski definition) is 4. The van der Waals surface area contributed by atoms with Gasteiger partial charge in [0.05, 0.1) is 5.60 Å². The van der Waals surface area contributed by atoms with Gasteiger partial charge in [0, 0.05) is 37.5 Å². The third-order valence-electron chi connectivity index (χ3n) is 7.38. The highest BCUT2D eigenvalue weighted by Gasteiger charge is 2.43. The first-order valence-corrected chi connectivity index (χ1v) is 13.3. The van der Waals surface area contributed by atoms with Crippen molar-refractivity contribution in [2.24, 2.45) is 5.92 Å². The Morgan fingerprint density at radius 3 is 2.68 bits per heavy atom. The van der Waals surface area contributed by atoms with Crippen LogP contribution in [0.25, 0.3) is 11.1 Å². The van der Waals surface area contributed by atoms with E-state index in [-0.39, 0.29) is 24.8 Å². The molecular weight excluding hydrogens is 473 g/mol. The van der Waals surface area contributed by atoms with Gasteiger partial charge in [0.2, 0.25) is 5.91 Å². The summed E-state index contributed by atoms with van der Waals surface area (Å²) in [7, 11) is 1.85. The molecule has 1 aliphatic heterocycles. The molecule has 0 bridgehead atoms. The number of rotatable bonds is 12. The highest BCUT2D eigenvalue weighted by atomic mass is 19.1. The number of amides is 2. The number of halogens is 1. The number of benzene rings is 2. The summed E-state index contributed by atoms with van der Waals surface area (Å²) >= 11 is 0. The second-order valence-electron chi connectivity index (χ2n) is 9.86. The van der Waals surface area contributed by atoms with E-state index in [1.165, 1.54) is 6.07 Å². The Labute approximate surface area is 219 Å². The fourth-order valence-corrected chi connectivity index (χ4v) is 5.40. The van der Waals surface area contributed by atoms with E-state index in [2.05, 4.69) is 10.6 Å². The van der Waals surface area contributed by atoms with Crippen LogP contribution in [0, 0.1) is 11.7 Å². The van der Waals surface area contributed by atoms with E-state index in [4.69, 9.17) is 5.11 Å². The van der Waals surface area contributed by atoms with E-state index in [0.717, 1.165) is 31.4 Å². The van der Waals surface area contributed by atoms with Crippen LogP contribution in [0.15, 0.2) is 42.5 Å². The van der Waals surface area contributed by atoms with Gasteiger partial charge in [0.1, 0.15) is 5.82 Å². The summed E-state index contributed by atoms with van der Waals surface area (Å²) in [5.74, 6) is -0.664. The Hall–Kier alpha value is -2.97. The quantitative estimate of drug-likeness (QED) is 0.313. The summed E-state index contributed by atoms with van der Waals surface area (Å²) < 4.78 is 15.5. The molecule has 1 aliphatic rings. The Morgan fingerprint density at radius 1 is 1.16 bits per heavy atom. The molecule has 2 atom stereocenters. The van der Waals surface area contributed by atoms with E-state index in [9.17, 15) is 14.7 Å². The molecule has 1 heterocycles. The number of carbonyl (C=O) groups excluding carboxylic acids is 1. The number of hydrogen-bond donors (Lipinski definition) is 4. The van der Waals surface area contributed by atoms with Crippen molar-refractivity contribution >= 4 is 12.0 Å². The largest absolute Gasteiger partial charge is 0.465 e. The molecule has 0 saturated carbocycles. The molecule has 4 N–H and O–H groups in total. The lowest BCUT2D eigenvalue weighted by Crippen LogP contribution is -2.48. The SMILES string of the molecule is CCc1cccc(-c2c(F)cccc2C(O)(CCCNC(=O)O)[C@@H]2CCCN(C(=O)CCCNC)C2)c1. The Bertz CT molecular complexity index is 1060. The van der Waals surface area contributed by atoms with Crippen molar-refractivity contribution in [3.05, 3.63) is 59.4 Å². The Balaban J connectivity index is 1.99. The van der Waals surface area contributed by atoms with Crippen LogP contribution in [0.2, 0.25) is 0 Å². The topological polar surface area (TPSA) is 102 Å². The molecule has 1 unspecified atom stereocenters. The first kappa shape index (κ1) is 28.6. The summed E-state index contributed by atoms with van der Waals surface area (Å²) in [4.78, 5) is 25.7. The van der Waals surface area contributed by atoms with Crippen LogP contribution in [0.4, 0.5) is 9.18 Å². The van der Waals surface area contributed by atoms with Gasteiger partial charge >= 0.3 is 6.09 Å². The standard InChI is InChI=1S/C29H40FN3O4/c1-3-21-9-4-10-22(19-21)27-24(12-5-13-25(27)30)29(37,15-8-17-32-28(35)36)23-11-7-18-33(20-23)26(34)14-6-16-31-2/h4-5,9-10,12-13,19,23,31-32,37H,3,6-8,11,14-18,20H2,1-2H3,(H,35,36)/t23-,29?/m1/s1. The molecule has 1 fully saturated rings. The van der Waals surface area contributed by atoms with Crippen molar-refractivity contribution in [1.29, 1.82) is 0 Å². The molecule has 0 aliphatic carbocycles. The maximum absolute atomic E-state index is 15.5. The zero-order valence-electron chi connectivity index (χ0n) is 21.9. The van der Waals surface area contributed by atoms with Gasteiger partial charge in [-0.15, -0.1) is 0 Å². The van der Waals surface area contributed by atoms with Crippen molar-refractivity contribution in [2.75, 3.05) is 33.2 Å². The van der Waals surface area contributed by atoms with E-state index in [1.54, 1.807) is 12.1 Å². The predicted molar refractivity (Wildman–Crippen MR) is 143 cm³/mol. The van der Waals surface area contributed by atoms with E-state index < -0.39 is 17.5 Å². The minimum Gasteiger partial charge on any atom is -0.465 e. The zero-order chi connectivity index (χ0) is 26.8. The zero-order valence-corrected chi connectivity index (χ0v) is 21.9. The fourth-order valence-electron chi connectivity index (χ4n) is 5.40. The molecule has 2 amide bonds. The number of aliphatic hydroxyl groups is 1. The van der Waals surface area contributed by atoms with Gasteiger partial charge in [-0.25, -0.2) is 9.18 Å². The monoisotopic (exact) mass is 513 g/mol. The normalized spacial score (nSPS) is 17.3. The maximum atomic E-state index is 15.5. The fraction of sp³-hybridized carbons (Fsp3) is 0.517. The van der Waals surface area contributed by atoms with Gasteiger partial charge in [0.15, 0.2) is 0 Å². The average molecular weight is 514 g/mol. The highest BCUT2D eigenvalue weighted by molar-refractivity contribution is 5.76. The van der Waals surface area contributed by atoms with Crippen LogP contribution < -0.4 is 10.6 Å². The number of carboxylic acid groups (broad SMARTS) is 1. The molecule has 3 rings (SSSR count). The summed E-state index contributed by atoms with van der Waals surface area (Å²) in [6.45, 7) is 3.99. The van der Waals surface area contributed by atoms with Crippen molar-refractivity contribution < 1.29 is 24.2 Å². The van der Waals surface area contributed by atoms with Crippen LogP contribution in [-0.4, -0.2) is 60.3 Å². The lowest BCUT2D eigenvalue weighted by Gasteiger charge is -2.43. The summed E-state index contributed by atoms with van der Waals surface area (Å²) in [5, 5.41) is 26.8. The minimum atomic E-state index is -1.44. The van der Waals surface area contributed by atoms with Crippen molar-refractivity contribution in [1.82, 2.24) is 15.5 Å². The number of nitrogens with zero attached hydrogens (tertiary/aromatic N) is 1. The molecular formula is C29H40FN3O4. The minimum absolute atomic E-state index is 0.0601. The van der Waals surface area contributed by atoms with Crippen molar-refractivity contribution in [3.8, 4) is 11.1 Å². The third-order valence-corrected chi connectivity index (χ3v) is 7.38. The van der Waals surface area contributed by atoms with Crippen LogP contribution in [-0.2, 0) is 16.8 Å². The highest BCUT2D eigenvalue weighted by Crippen LogP contribution is 2.44. The van der Waals surface area contributed by atoms with Gasteiger partial charge in [-0.2, -0.15) is 0 Å². The number of piperidine rings is 1. The second-order valence-corrected chi connectivity index (χ2v) is 9.86. The van der Waals surface area contributed by atoms with E-state index in [1.807, 2.05) is 43.1 Å². The van der Waals surface area contributed by atoms with Gasteiger partial charge in [-0.3, -0.25) is 4.79 Å². The second kappa shape index (κ2) is 13.5. The summed E-state index contributed by atoms with van der Waals surface area (Å²) in [6.07, 6.45) is 2.90. The van der Waals surface area contributed by atoms with Gasteiger partial charge < -0.3 is 25.7 Å². The maximum Gasteiger partial charge on any atom is 0.404 e. The molecule has 202 valence electrons. The average Bonchev–Trinajstić information content (AvgIpc) is 2.91. The Kier molecular flexibility index (Phi) is 10.5. The molecule has 2 aromatic carbocycles. The van der Waals surface area contributed by atoms with Crippen LogP contribution in [0.5, 0.6) is 0 Å². The third kappa shape index (κ3) is 7.29. The number of carbonyl (C=O) groups is 2. The molecule has 0 radical (unpaired) electrons. The van der Waals surface area contributed by atoms with Crippen molar-refractivity contribution in [3.63, 3.8) is 0 Å². The molecule has 0 aromatic heterocycles. The van der Waals surface area contributed by atoms with Crippen molar-refractivity contribution in [2.45, 2.75) is 57.5 Å². The van der Waals surface area contributed by atoms with Crippen LogP contribution in [0.3, 0.4) is 0 Å². The molecule has 0 spiro atoms. The lowest BCUT2D eigenvalue weighted by atomic mass is 9.72. The predicted octanol–water partition coefficient (Wildman–Crippen LogP) is 4.53. The van der Waals surface area contributed by atoms with Crippen LogP contribution >= 0.6 is 0 Å². The van der Waals surface area contributed by atoms with E-state index in [0.29, 0.717) is 49.0 Å². The number of nitrogens with one attached hydrogen (secondary N) is 2. The Morgan fingerprint density at radius 2 is 1.95 bits per heavy atom. The molecule has 7 nitrogen and oxygen atoms in total. The van der Waals surface area contributed by atoms with Crippen LogP contribution in [0.1, 0.15) is 56.6 Å². The molecule has 1 saturated heterocycles. The number of likely N-dealkylation sites (tertiary alicyclic amines) is 1. The summed E-state index contributed by atoms with van der Waals surface area (Å²) in [5.41, 5.74) is 1.18. The lowest BCUT2D eigenvalue weighted by molar-refractivity contribution is -0.136.